The number of carboxylic acid groups (broad SMARTS) is 1. The van der Waals surface area contributed by atoms with Gasteiger partial charge in [0, 0.05) is 13.7 Å². The number of carbonyl (C=O) groups is 1. The van der Waals surface area contributed by atoms with Crippen LogP contribution in [0, 0.1) is 0 Å². The third kappa shape index (κ3) is 6.57. The van der Waals surface area contributed by atoms with Crippen LogP contribution in [0.5, 0.6) is 0 Å². The summed E-state index contributed by atoms with van der Waals surface area (Å²) in [5.74, 6) is -1.30. The fourth-order valence-electron chi connectivity index (χ4n) is 2.23. The second-order valence-corrected chi connectivity index (χ2v) is 7.04. The van der Waals surface area contributed by atoms with Gasteiger partial charge >= 0.3 is 5.97 Å². The van der Waals surface area contributed by atoms with Crippen molar-refractivity contribution < 1.29 is 32.5 Å². The fraction of sp³-hybridized carbons (Fsp3) is 0.923. The first-order chi connectivity index (χ1) is 10.5. The standard InChI is InChI=1S/C13H25NO7S/c1-19-6-7-20-8-9-21-10-11-22(17,18)14-5-3-2-4-12(14)13(15)16/h12H,2-11H2,1H3,(H,15,16). The van der Waals surface area contributed by atoms with E-state index in [2.05, 4.69) is 0 Å². The molecule has 1 unspecified atom stereocenters. The second-order valence-electron chi connectivity index (χ2n) is 4.99. The molecule has 0 amide bonds. The minimum Gasteiger partial charge on any atom is -0.480 e. The lowest BCUT2D eigenvalue weighted by Gasteiger charge is -2.31. The Morgan fingerprint density at radius 2 is 1.77 bits per heavy atom. The van der Waals surface area contributed by atoms with E-state index in [1.54, 1.807) is 7.11 Å². The summed E-state index contributed by atoms with van der Waals surface area (Å²) >= 11 is 0. The van der Waals surface area contributed by atoms with Gasteiger partial charge in [-0.05, 0) is 19.3 Å². The van der Waals surface area contributed by atoms with Crippen molar-refractivity contribution in [1.29, 1.82) is 0 Å². The van der Waals surface area contributed by atoms with E-state index in [1.807, 2.05) is 0 Å². The summed E-state index contributed by atoms with van der Waals surface area (Å²) in [7, 11) is -2.03. The van der Waals surface area contributed by atoms with Gasteiger partial charge in [0.15, 0.2) is 0 Å². The van der Waals surface area contributed by atoms with E-state index in [4.69, 9.17) is 19.3 Å². The maximum absolute atomic E-state index is 12.2. The van der Waals surface area contributed by atoms with Crippen LogP contribution in [-0.4, -0.2) is 82.3 Å². The zero-order valence-electron chi connectivity index (χ0n) is 12.9. The Balaban J connectivity index is 2.29. The van der Waals surface area contributed by atoms with E-state index < -0.39 is 22.0 Å². The Hall–Kier alpha value is -0.740. The molecule has 0 aliphatic carbocycles. The summed E-state index contributed by atoms with van der Waals surface area (Å²) in [4.78, 5) is 11.1. The number of methoxy groups -OCH3 is 1. The first kappa shape index (κ1) is 19.3. The molecule has 1 N–H and O–H groups in total. The van der Waals surface area contributed by atoms with Crippen LogP contribution in [0.1, 0.15) is 19.3 Å². The van der Waals surface area contributed by atoms with Crippen LogP contribution >= 0.6 is 0 Å². The fourth-order valence-corrected chi connectivity index (χ4v) is 3.78. The van der Waals surface area contributed by atoms with Crippen LogP contribution in [-0.2, 0) is 29.0 Å². The summed E-state index contributed by atoms with van der Waals surface area (Å²) in [5.41, 5.74) is 0. The second kappa shape index (κ2) is 10.1. The predicted molar refractivity (Wildman–Crippen MR) is 79.3 cm³/mol. The lowest BCUT2D eigenvalue weighted by atomic mass is 10.1. The molecule has 0 saturated carbocycles. The van der Waals surface area contributed by atoms with Gasteiger partial charge in [-0.1, -0.05) is 0 Å². The summed E-state index contributed by atoms with van der Waals surface area (Å²) in [6.45, 7) is 1.91. The number of sulfonamides is 1. The van der Waals surface area contributed by atoms with Gasteiger partial charge in [0.05, 0.1) is 38.8 Å². The van der Waals surface area contributed by atoms with Gasteiger partial charge in [0.1, 0.15) is 6.04 Å². The maximum Gasteiger partial charge on any atom is 0.322 e. The van der Waals surface area contributed by atoms with Gasteiger partial charge in [-0.2, -0.15) is 4.31 Å². The van der Waals surface area contributed by atoms with Crippen molar-refractivity contribution in [2.45, 2.75) is 25.3 Å². The minimum atomic E-state index is -3.61. The molecular formula is C13H25NO7S. The Morgan fingerprint density at radius 1 is 1.14 bits per heavy atom. The lowest BCUT2D eigenvalue weighted by molar-refractivity contribution is -0.142. The van der Waals surface area contributed by atoms with Gasteiger partial charge in [0.25, 0.3) is 0 Å². The molecule has 1 rings (SSSR count). The molecule has 1 fully saturated rings. The zero-order chi connectivity index (χ0) is 16.4. The molecule has 0 bridgehead atoms. The SMILES string of the molecule is COCCOCCOCCS(=O)(=O)N1CCCCC1C(=O)O. The molecule has 0 aromatic rings. The van der Waals surface area contributed by atoms with Crippen LogP contribution in [0.15, 0.2) is 0 Å². The van der Waals surface area contributed by atoms with Crippen LogP contribution in [0.4, 0.5) is 0 Å². The van der Waals surface area contributed by atoms with Gasteiger partial charge in [-0.15, -0.1) is 0 Å². The molecule has 1 aliphatic heterocycles. The monoisotopic (exact) mass is 339 g/mol. The highest BCUT2D eigenvalue weighted by Crippen LogP contribution is 2.21. The molecule has 1 atom stereocenters. The normalized spacial score (nSPS) is 20.1. The molecule has 130 valence electrons. The topological polar surface area (TPSA) is 102 Å². The molecule has 0 spiro atoms. The highest BCUT2D eigenvalue weighted by molar-refractivity contribution is 7.89. The van der Waals surface area contributed by atoms with Gasteiger partial charge in [-0.3, -0.25) is 4.79 Å². The van der Waals surface area contributed by atoms with Crippen molar-refractivity contribution in [3.8, 4) is 0 Å². The van der Waals surface area contributed by atoms with Crippen molar-refractivity contribution >= 4 is 16.0 Å². The third-order valence-electron chi connectivity index (χ3n) is 3.39. The van der Waals surface area contributed by atoms with E-state index in [0.717, 1.165) is 10.7 Å². The first-order valence-corrected chi connectivity index (χ1v) is 8.96. The molecule has 1 heterocycles. The molecule has 8 nitrogen and oxygen atoms in total. The third-order valence-corrected chi connectivity index (χ3v) is 5.22. The number of hydrogen-bond acceptors (Lipinski definition) is 6. The predicted octanol–water partition coefficient (Wildman–Crippen LogP) is -0.0651. The molecule has 0 aromatic heterocycles. The number of hydrogen-bond donors (Lipinski definition) is 1. The zero-order valence-corrected chi connectivity index (χ0v) is 13.7. The van der Waals surface area contributed by atoms with E-state index in [1.165, 1.54) is 0 Å². The molecule has 0 radical (unpaired) electrons. The van der Waals surface area contributed by atoms with Crippen LogP contribution in [0.2, 0.25) is 0 Å². The van der Waals surface area contributed by atoms with Crippen LogP contribution < -0.4 is 0 Å². The summed E-state index contributed by atoms with van der Waals surface area (Å²) in [6, 6.07) is -0.948. The number of ether oxygens (including phenoxy) is 3. The molecule has 1 saturated heterocycles. The summed E-state index contributed by atoms with van der Waals surface area (Å²) in [5, 5.41) is 9.12. The molecular weight excluding hydrogens is 314 g/mol. The van der Waals surface area contributed by atoms with E-state index >= 15 is 0 Å². The minimum absolute atomic E-state index is 0.0266. The molecule has 9 heteroatoms. The van der Waals surface area contributed by atoms with Crippen LogP contribution in [0.25, 0.3) is 0 Å². The van der Waals surface area contributed by atoms with Gasteiger partial charge in [-0.25, -0.2) is 8.42 Å². The molecule has 0 aromatic carbocycles. The first-order valence-electron chi connectivity index (χ1n) is 7.36. The Labute approximate surface area is 131 Å². The van der Waals surface area contributed by atoms with Crippen molar-refractivity contribution in [3.63, 3.8) is 0 Å². The van der Waals surface area contributed by atoms with Crippen molar-refractivity contribution in [1.82, 2.24) is 4.31 Å². The number of nitrogens with zero attached hydrogens (tertiary/aromatic N) is 1. The van der Waals surface area contributed by atoms with Gasteiger partial charge in [0.2, 0.25) is 10.0 Å². The van der Waals surface area contributed by atoms with Crippen molar-refractivity contribution in [2.24, 2.45) is 0 Å². The van der Waals surface area contributed by atoms with Crippen molar-refractivity contribution in [3.05, 3.63) is 0 Å². The largest absolute Gasteiger partial charge is 0.480 e. The number of aliphatic carboxylic acids is 1. The average Bonchev–Trinajstić information content (AvgIpc) is 2.50. The number of rotatable bonds is 11. The van der Waals surface area contributed by atoms with E-state index in [0.29, 0.717) is 39.3 Å². The summed E-state index contributed by atoms with van der Waals surface area (Å²) in [6.07, 6.45) is 1.79. The quantitative estimate of drug-likeness (QED) is 0.526. The maximum atomic E-state index is 12.2. The Kier molecular flexibility index (Phi) is 8.88. The smallest absolute Gasteiger partial charge is 0.322 e. The average molecular weight is 339 g/mol. The number of piperidine rings is 1. The van der Waals surface area contributed by atoms with Crippen LogP contribution in [0.3, 0.4) is 0 Å². The van der Waals surface area contributed by atoms with E-state index in [9.17, 15) is 13.2 Å². The number of carboxylic acids is 1. The Bertz CT molecular complexity index is 426. The molecule has 1 aliphatic rings. The highest BCUT2D eigenvalue weighted by Gasteiger charge is 2.36. The Morgan fingerprint density at radius 3 is 2.41 bits per heavy atom. The van der Waals surface area contributed by atoms with Gasteiger partial charge < -0.3 is 19.3 Å². The lowest BCUT2D eigenvalue weighted by Crippen LogP contribution is -2.49. The molecule has 22 heavy (non-hydrogen) atoms. The van der Waals surface area contributed by atoms with Crippen molar-refractivity contribution in [2.75, 3.05) is 52.4 Å². The summed E-state index contributed by atoms with van der Waals surface area (Å²) < 4.78 is 40.7. The highest BCUT2D eigenvalue weighted by atomic mass is 32.2. The van der Waals surface area contributed by atoms with E-state index in [-0.39, 0.29) is 18.9 Å².